The first kappa shape index (κ1) is 10.6. The van der Waals surface area contributed by atoms with Gasteiger partial charge in [-0.3, -0.25) is 0 Å². The Morgan fingerprint density at radius 1 is 1.10 bits per heavy atom. The average Bonchev–Trinajstić information content (AvgIpc) is 1.97. The van der Waals surface area contributed by atoms with E-state index in [0.717, 1.165) is 24.6 Å². The summed E-state index contributed by atoms with van der Waals surface area (Å²) in [7, 11) is 0. The summed E-state index contributed by atoms with van der Waals surface area (Å²) >= 11 is 3.80. The van der Waals surface area contributed by atoms with Crippen LogP contribution in [0.3, 0.4) is 0 Å². The van der Waals surface area contributed by atoms with Crippen molar-refractivity contribution in [2.45, 2.75) is 11.5 Å². The molecule has 62 valence electrons. The van der Waals surface area contributed by atoms with E-state index in [0.29, 0.717) is 4.58 Å². The monoisotopic (exact) mass is 180 g/mol. The molecule has 0 spiro atoms. The second-order valence-electron chi connectivity index (χ2n) is 1.89. The molecule has 0 aromatic rings. The van der Waals surface area contributed by atoms with E-state index in [1.807, 2.05) is 23.5 Å². The van der Waals surface area contributed by atoms with Crippen LogP contribution >= 0.6 is 23.5 Å². The quantitative estimate of drug-likeness (QED) is 0.591. The predicted molar refractivity (Wildman–Crippen MR) is 52.5 cm³/mol. The average molecular weight is 180 g/mol. The highest BCUT2D eigenvalue weighted by Gasteiger charge is 1.99. The van der Waals surface area contributed by atoms with Crippen molar-refractivity contribution in [1.29, 1.82) is 0 Å². The Kier molecular flexibility index (Phi) is 8.20. The van der Waals surface area contributed by atoms with Crippen LogP contribution in [0.25, 0.3) is 0 Å². The lowest BCUT2D eigenvalue weighted by atomic mass is 10.8. The van der Waals surface area contributed by atoms with Crippen molar-refractivity contribution in [2.24, 2.45) is 11.5 Å². The topological polar surface area (TPSA) is 52.0 Å². The van der Waals surface area contributed by atoms with E-state index in [1.165, 1.54) is 0 Å². The van der Waals surface area contributed by atoms with Gasteiger partial charge in [-0.2, -0.15) is 0 Å². The summed E-state index contributed by atoms with van der Waals surface area (Å²) in [5.41, 5.74) is 10.7. The maximum atomic E-state index is 5.35. The molecule has 0 aromatic carbocycles. The van der Waals surface area contributed by atoms with Crippen molar-refractivity contribution < 1.29 is 0 Å². The van der Waals surface area contributed by atoms with Gasteiger partial charge in [0.25, 0.3) is 0 Å². The zero-order chi connectivity index (χ0) is 7.82. The summed E-state index contributed by atoms with van der Waals surface area (Å²) < 4.78 is 0.645. The van der Waals surface area contributed by atoms with E-state index in [-0.39, 0.29) is 0 Å². The first-order valence-corrected chi connectivity index (χ1v) is 5.54. The molecule has 0 saturated heterocycles. The molecule has 0 aromatic heterocycles. The Morgan fingerprint density at radius 2 is 1.50 bits per heavy atom. The Bertz CT molecular complexity index is 62.8. The third-order valence-electron chi connectivity index (χ3n) is 0.941. The SMILES string of the molecule is CC(SCCN)SCCN. The summed E-state index contributed by atoms with van der Waals surface area (Å²) in [4.78, 5) is 0. The molecule has 0 amide bonds. The zero-order valence-electron chi connectivity index (χ0n) is 6.38. The number of rotatable bonds is 6. The van der Waals surface area contributed by atoms with Crippen molar-refractivity contribution in [1.82, 2.24) is 0 Å². The first-order valence-electron chi connectivity index (χ1n) is 3.44. The van der Waals surface area contributed by atoms with Crippen LogP contribution < -0.4 is 11.5 Å². The van der Waals surface area contributed by atoms with Gasteiger partial charge in [0.2, 0.25) is 0 Å². The summed E-state index contributed by atoms with van der Waals surface area (Å²) in [6.07, 6.45) is 0. The van der Waals surface area contributed by atoms with E-state index in [1.54, 1.807) is 0 Å². The Hall–Kier alpha value is 0.620. The number of nitrogens with two attached hydrogens (primary N) is 2. The number of hydrogen-bond donors (Lipinski definition) is 2. The van der Waals surface area contributed by atoms with Crippen molar-refractivity contribution in [2.75, 3.05) is 24.6 Å². The molecule has 0 aliphatic carbocycles. The summed E-state index contributed by atoms with van der Waals surface area (Å²) in [6, 6.07) is 0. The summed E-state index contributed by atoms with van der Waals surface area (Å²) in [5, 5.41) is 0. The van der Waals surface area contributed by atoms with Gasteiger partial charge in [0.15, 0.2) is 0 Å². The maximum Gasteiger partial charge on any atom is 0.0475 e. The van der Waals surface area contributed by atoms with Crippen LogP contribution in [0.1, 0.15) is 6.92 Å². The fourth-order valence-electron chi connectivity index (χ4n) is 0.516. The third kappa shape index (κ3) is 6.74. The van der Waals surface area contributed by atoms with Crippen LogP contribution in [-0.4, -0.2) is 29.2 Å². The van der Waals surface area contributed by atoms with Gasteiger partial charge >= 0.3 is 0 Å². The molecule has 0 saturated carbocycles. The predicted octanol–water partition coefficient (Wildman–Crippen LogP) is 0.716. The number of thioether (sulfide) groups is 2. The molecule has 10 heavy (non-hydrogen) atoms. The van der Waals surface area contributed by atoms with Crippen molar-refractivity contribution in [3.05, 3.63) is 0 Å². The fourth-order valence-corrected chi connectivity index (χ4v) is 2.41. The molecular weight excluding hydrogens is 164 g/mol. The Balaban J connectivity index is 3.00. The minimum absolute atomic E-state index is 0.645. The molecule has 2 nitrogen and oxygen atoms in total. The lowest BCUT2D eigenvalue weighted by Gasteiger charge is -2.08. The molecule has 0 atom stereocenters. The molecule has 0 rings (SSSR count). The molecule has 4 N–H and O–H groups in total. The second-order valence-corrected chi connectivity index (χ2v) is 5.08. The highest BCUT2D eigenvalue weighted by Crippen LogP contribution is 2.21. The van der Waals surface area contributed by atoms with Crippen molar-refractivity contribution in [3.8, 4) is 0 Å². The molecule has 0 fully saturated rings. The van der Waals surface area contributed by atoms with Crippen molar-refractivity contribution in [3.63, 3.8) is 0 Å². The largest absolute Gasteiger partial charge is 0.330 e. The molecular formula is C6H16N2S2. The van der Waals surface area contributed by atoms with Gasteiger partial charge in [-0.15, -0.1) is 23.5 Å². The minimum Gasteiger partial charge on any atom is -0.330 e. The van der Waals surface area contributed by atoms with Gasteiger partial charge in [0.1, 0.15) is 0 Å². The van der Waals surface area contributed by atoms with Crippen molar-refractivity contribution >= 4 is 23.5 Å². The zero-order valence-corrected chi connectivity index (χ0v) is 8.01. The summed E-state index contributed by atoms with van der Waals surface area (Å²) in [6.45, 7) is 3.75. The van der Waals surface area contributed by atoms with Crippen LogP contribution in [0.5, 0.6) is 0 Å². The van der Waals surface area contributed by atoms with Gasteiger partial charge in [-0.25, -0.2) is 0 Å². The minimum atomic E-state index is 0.645. The maximum absolute atomic E-state index is 5.35. The smallest absolute Gasteiger partial charge is 0.0475 e. The molecule has 0 radical (unpaired) electrons. The van der Waals surface area contributed by atoms with Gasteiger partial charge in [0, 0.05) is 29.2 Å². The van der Waals surface area contributed by atoms with E-state index in [9.17, 15) is 0 Å². The number of hydrogen-bond acceptors (Lipinski definition) is 4. The summed E-state index contributed by atoms with van der Waals surface area (Å²) in [5.74, 6) is 2.11. The molecule has 0 unspecified atom stereocenters. The van der Waals surface area contributed by atoms with Crippen LogP contribution in [0, 0.1) is 0 Å². The van der Waals surface area contributed by atoms with Crippen LogP contribution in [0.4, 0.5) is 0 Å². The Labute approximate surface area is 71.5 Å². The van der Waals surface area contributed by atoms with Crippen LogP contribution in [-0.2, 0) is 0 Å². The van der Waals surface area contributed by atoms with Gasteiger partial charge < -0.3 is 11.5 Å². The van der Waals surface area contributed by atoms with Gasteiger partial charge in [-0.1, -0.05) is 0 Å². The standard InChI is InChI=1S/C6H16N2S2/c1-6(9-4-2-7)10-5-3-8/h6H,2-5,7-8H2,1H3. The molecule has 0 heterocycles. The lowest BCUT2D eigenvalue weighted by Crippen LogP contribution is -2.07. The molecule has 0 aliphatic heterocycles. The third-order valence-corrected chi connectivity index (χ3v) is 3.64. The van der Waals surface area contributed by atoms with E-state index >= 15 is 0 Å². The highest BCUT2D eigenvalue weighted by molar-refractivity contribution is 8.16. The first-order chi connectivity index (χ1) is 4.81. The fraction of sp³-hybridized carbons (Fsp3) is 1.00. The van der Waals surface area contributed by atoms with Gasteiger partial charge in [-0.05, 0) is 6.92 Å². The van der Waals surface area contributed by atoms with Crippen LogP contribution in [0.15, 0.2) is 0 Å². The highest BCUT2D eigenvalue weighted by atomic mass is 32.2. The van der Waals surface area contributed by atoms with Crippen LogP contribution in [0.2, 0.25) is 0 Å². The van der Waals surface area contributed by atoms with E-state index in [4.69, 9.17) is 11.5 Å². The van der Waals surface area contributed by atoms with Gasteiger partial charge in [0.05, 0.1) is 0 Å². The molecule has 0 bridgehead atoms. The molecule has 0 aliphatic rings. The molecule has 4 heteroatoms. The lowest BCUT2D eigenvalue weighted by molar-refractivity contribution is 1.14. The second kappa shape index (κ2) is 7.72. The Morgan fingerprint density at radius 3 is 1.80 bits per heavy atom. The normalized spacial score (nSPS) is 10.8. The van der Waals surface area contributed by atoms with E-state index in [2.05, 4.69) is 6.92 Å². The van der Waals surface area contributed by atoms with E-state index < -0.39 is 0 Å².